The van der Waals surface area contributed by atoms with Gasteiger partial charge in [0.1, 0.15) is 11.4 Å². The molecule has 1 aliphatic heterocycles. The van der Waals surface area contributed by atoms with Crippen LogP contribution < -0.4 is 15.4 Å². The first-order chi connectivity index (χ1) is 13.5. The normalized spacial score (nSPS) is 19.6. The van der Waals surface area contributed by atoms with Crippen LogP contribution in [0.1, 0.15) is 37.3 Å². The molecule has 5 rings (SSSR count). The highest BCUT2D eigenvalue weighted by Crippen LogP contribution is 2.49. The summed E-state index contributed by atoms with van der Waals surface area (Å²) >= 11 is 0. The number of fused-ring (bicyclic) bond motifs is 2. The van der Waals surface area contributed by atoms with Gasteiger partial charge >= 0.3 is 6.03 Å². The highest BCUT2D eigenvalue weighted by Gasteiger charge is 2.47. The summed E-state index contributed by atoms with van der Waals surface area (Å²) in [6.07, 6.45) is 4.67. The molecule has 2 amide bonds. The maximum atomic E-state index is 14.3. The van der Waals surface area contributed by atoms with Crippen LogP contribution in [0.25, 0.3) is 10.9 Å². The Morgan fingerprint density at radius 3 is 2.93 bits per heavy atom. The van der Waals surface area contributed by atoms with Crippen molar-refractivity contribution in [1.82, 2.24) is 15.5 Å². The molecule has 3 aromatic rings. The van der Waals surface area contributed by atoms with Crippen LogP contribution in [0.5, 0.6) is 5.75 Å². The van der Waals surface area contributed by atoms with Crippen LogP contribution >= 0.6 is 0 Å². The van der Waals surface area contributed by atoms with E-state index < -0.39 is 29.3 Å². The SMILES string of the molecule is O=C(Nc1cccc2[nH]ncc12)NC1CC2(CCC2)Oc2c(F)cc(F)cc21. The average molecular weight is 384 g/mol. The van der Waals surface area contributed by atoms with Gasteiger partial charge in [-0.25, -0.2) is 13.6 Å². The van der Waals surface area contributed by atoms with E-state index in [1.54, 1.807) is 18.3 Å². The van der Waals surface area contributed by atoms with E-state index in [1.165, 1.54) is 6.07 Å². The topological polar surface area (TPSA) is 79.0 Å². The van der Waals surface area contributed by atoms with Gasteiger partial charge in [-0.1, -0.05) is 6.07 Å². The number of carbonyl (C=O) groups is 1. The fourth-order valence-electron chi connectivity index (χ4n) is 4.09. The van der Waals surface area contributed by atoms with E-state index >= 15 is 0 Å². The van der Waals surface area contributed by atoms with E-state index in [4.69, 9.17) is 4.74 Å². The average Bonchev–Trinajstić information content (AvgIpc) is 3.10. The molecule has 6 nitrogen and oxygen atoms in total. The van der Waals surface area contributed by atoms with Crippen LogP contribution in [0.4, 0.5) is 19.3 Å². The molecule has 1 saturated carbocycles. The van der Waals surface area contributed by atoms with Crippen molar-refractivity contribution in [2.24, 2.45) is 0 Å². The second-order valence-electron chi connectivity index (χ2n) is 7.44. The van der Waals surface area contributed by atoms with Gasteiger partial charge in [0.05, 0.1) is 23.4 Å². The van der Waals surface area contributed by atoms with Crippen LogP contribution in [-0.4, -0.2) is 21.8 Å². The Kier molecular flexibility index (Phi) is 3.75. The largest absolute Gasteiger partial charge is 0.484 e. The smallest absolute Gasteiger partial charge is 0.319 e. The molecule has 1 aliphatic carbocycles. The molecule has 2 aliphatic rings. The molecule has 1 spiro atoms. The first-order valence-electron chi connectivity index (χ1n) is 9.21. The number of aromatic amines is 1. The number of rotatable bonds is 2. The number of hydrogen-bond acceptors (Lipinski definition) is 3. The maximum absolute atomic E-state index is 14.3. The van der Waals surface area contributed by atoms with Gasteiger partial charge in [0.25, 0.3) is 0 Å². The number of aromatic nitrogens is 2. The lowest BCUT2D eigenvalue weighted by Crippen LogP contribution is -2.50. The van der Waals surface area contributed by atoms with Crippen molar-refractivity contribution in [3.63, 3.8) is 0 Å². The summed E-state index contributed by atoms with van der Waals surface area (Å²) in [4.78, 5) is 12.7. The second kappa shape index (κ2) is 6.19. The van der Waals surface area contributed by atoms with E-state index in [0.29, 0.717) is 17.7 Å². The third kappa shape index (κ3) is 2.76. The Morgan fingerprint density at radius 1 is 1.29 bits per heavy atom. The van der Waals surface area contributed by atoms with Crippen LogP contribution in [-0.2, 0) is 0 Å². The second-order valence-corrected chi connectivity index (χ2v) is 7.44. The molecule has 1 unspecified atom stereocenters. The van der Waals surface area contributed by atoms with Crippen molar-refractivity contribution in [3.05, 3.63) is 53.7 Å². The summed E-state index contributed by atoms with van der Waals surface area (Å²) in [5.41, 5.74) is 1.23. The van der Waals surface area contributed by atoms with Crippen molar-refractivity contribution in [2.75, 3.05) is 5.32 Å². The Morgan fingerprint density at radius 2 is 2.14 bits per heavy atom. The van der Waals surface area contributed by atoms with Crippen molar-refractivity contribution in [2.45, 2.75) is 37.3 Å². The molecule has 0 radical (unpaired) electrons. The summed E-state index contributed by atoms with van der Waals surface area (Å²) < 4.78 is 34.0. The van der Waals surface area contributed by atoms with Crippen LogP contribution in [0.2, 0.25) is 0 Å². The van der Waals surface area contributed by atoms with Gasteiger partial charge in [-0.2, -0.15) is 5.10 Å². The van der Waals surface area contributed by atoms with Crippen LogP contribution in [0.3, 0.4) is 0 Å². The van der Waals surface area contributed by atoms with Gasteiger partial charge in [-0.15, -0.1) is 0 Å². The standard InChI is InChI=1S/C20H18F2N4O2/c21-11-7-12-17(9-20(5-2-6-20)28-18(12)14(22)8-11)25-19(27)24-15-3-1-4-16-13(15)10-23-26-16/h1,3-4,7-8,10,17H,2,5-6,9H2,(H,23,26)(H2,24,25,27). The highest BCUT2D eigenvalue weighted by molar-refractivity contribution is 6.00. The number of carbonyl (C=O) groups excluding carboxylic acids is 1. The number of amides is 2. The molecular weight excluding hydrogens is 366 g/mol. The Balaban J connectivity index is 1.42. The molecule has 3 N–H and O–H groups in total. The fourth-order valence-corrected chi connectivity index (χ4v) is 4.09. The van der Waals surface area contributed by atoms with E-state index in [0.717, 1.165) is 36.2 Å². The number of nitrogens with zero attached hydrogens (tertiary/aromatic N) is 1. The minimum atomic E-state index is -0.739. The summed E-state index contributed by atoms with van der Waals surface area (Å²) in [5, 5.41) is 13.3. The fraction of sp³-hybridized carbons (Fsp3) is 0.300. The number of benzene rings is 2. The first-order valence-corrected chi connectivity index (χ1v) is 9.21. The number of urea groups is 1. The monoisotopic (exact) mass is 384 g/mol. The quantitative estimate of drug-likeness (QED) is 0.612. The molecule has 0 saturated heterocycles. The Bertz CT molecular complexity index is 1080. The predicted octanol–water partition coefficient (Wildman–Crippen LogP) is 4.41. The molecule has 28 heavy (non-hydrogen) atoms. The van der Waals surface area contributed by atoms with E-state index in [-0.39, 0.29) is 5.75 Å². The molecular formula is C20H18F2N4O2. The van der Waals surface area contributed by atoms with Gasteiger partial charge < -0.3 is 15.4 Å². The zero-order valence-corrected chi connectivity index (χ0v) is 14.9. The first kappa shape index (κ1) is 17.0. The molecule has 1 atom stereocenters. The molecule has 2 heterocycles. The lowest BCUT2D eigenvalue weighted by Gasteiger charge is -2.48. The van der Waals surface area contributed by atoms with Gasteiger partial charge in [-0.3, -0.25) is 5.10 Å². The van der Waals surface area contributed by atoms with Gasteiger partial charge in [0, 0.05) is 23.4 Å². The number of nitrogens with one attached hydrogen (secondary N) is 3. The number of halogens is 2. The van der Waals surface area contributed by atoms with Crippen LogP contribution in [0, 0.1) is 11.6 Å². The lowest BCUT2D eigenvalue weighted by molar-refractivity contribution is -0.0386. The van der Waals surface area contributed by atoms with Crippen LogP contribution in [0.15, 0.2) is 36.5 Å². The third-order valence-electron chi connectivity index (χ3n) is 5.61. The minimum absolute atomic E-state index is 0.0367. The van der Waals surface area contributed by atoms with E-state index in [9.17, 15) is 13.6 Å². The van der Waals surface area contributed by atoms with Crippen molar-refractivity contribution >= 4 is 22.6 Å². The molecule has 2 aromatic carbocycles. The number of hydrogen-bond donors (Lipinski definition) is 3. The van der Waals surface area contributed by atoms with Gasteiger partial charge in [0.2, 0.25) is 0 Å². The maximum Gasteiger partial charge on any atom is 0.319 e. The molecule has 1 aromatic heterocycles. The molecule has 1 fully saturated rings. The molecule has 8 heteroatoms. The summed E-state index contributed by atoms with van der Waals surface area (Å²) in [6.45, 7) is 0. The highest BCUT2D eigenvalue weighted by atomic mass is 19.1. The van der Waals surface area contributed by atoms with Gasteiger partial charge in [0.15, 0.2) is 11.6 Å². The minimum Gasteiger partial charge on any atom is -0.484 e. The molecule has 0 bridgehead atoms. The van der Waals surface area contributed by atoms with E-state index in [2.05, 4.69) is 20.8 Å². The van der Waals surface area contributed by atoms with Crippen molar-refractivity contribution < 1.29 is 18.3 Å². The summed E-state index contributed by atoms with van der Waals surface area (Å²) in [5.74, 6) is -1.40. The third-order valence-corrected chi connectivity index (χ3v) is 5.61. The number of ether oxygens (including phenoxy) is 1. The van der Waals surface area contributed by atoms with E-state index in [1.807, 2.05) is 6.07 Å². The van der Waals surface area contributed by atoms with Crippen molar-refractivity contribution in [3.8, 4) is 5.75 Å². The summed E-state index contributed by atoms with van der Waals surface area (Å²) in [7, 11) is 0. The number of H-pyrrole nitrogens is 1. The predicted molar refractivity (Wildman–Crippen MR) is 99.2 cm³/mol. The lowest BCUT2D eigenvalue weighted by atomic mass is 9.73. The van der Waals surface area contributed by atoms with Crippen molar-refractivity contribution in [1.29, 1.82) is 0 Å². The summed E-state index contributed by atoms with van der Waals surface area (Å²) in [6, 6.07) is 6.46. The zero-order valence-electron chi connectivity index (χ0n) is 14.9. The number of anilines is 1. The zero-order chi connectivity index (χ0) is 19.3. The molecule has 144 valence electrons. The Labute approximate surface area is 159 Å². The van der Waals surface area contributed by atoms with Gasteiger partial charge in [-0.05, 0) is 37.5 Å². The Hall–Kier alpha value is -3.16.